The molecule has 0 spiro atoms. The summed E-state index contributed by atoms with van der Waals surface area (Å²) in [5.74, 6) is 0. The van der Waals surface area contributed by atoms with Gasteiger partial charge in [0, 0.05) is 12.6 Å². The van der Waals surface area contributed by atoms with Gasteiger partial charge in [-0.3, -0.25) is 0 Å². The van der Waals surface area contributed by atoms with E-state index in [1.807, 2.05) is 13.8 Å². The highest BCUT2D eigenvalue weighted by molar-refractivity contribution is 5.67. The minimum Gasteiger partial charge on any atom is -0.450 e. The van der Waals surface area contributed by atoms with E-state index in [1.54, 1.807) is 0 Å². The molecule has 1 atom stereocenters. The first kappa shape index (κ1) is 11.2. The third-order valence-electron chi connectivity index (χ3n) is 1.45. The number of nitrogens with one attached hydrogen (secondary N) is 1. The molecule has 0 aliphatic carbocycles. The van der Waals surface area contributed by atoms with Gasteiger partial charge in [-0.05, 0) is 13.3 Å². The van der Waals surface area contributed by atoms with Crippen molar-refractivity contribution in [3.8, 4) is 0 Å². The van der Waals surface area contributed by atoms with E-state index in [-0.39, 0.29) is 12.1 Å². The monoisotopic (exact) mass is 174 g/mol. The third-order valence-corrected chi connectivity index (χ3v) is 1.45. The third kappa shape index (κ3) is 5.97. The van der Waals surface area contributed by atoms with Crippen LogP contribution in [0.3, 0.4) is 0 Å². The van der Waals surface area contributed by atoms with Crippen LogP contribution >= 0.6 is 0 Å². The van der Waals surface area contributed by atoms with Crippen molar-refractivity contribution in [3.63, 3.8) is 0 Å². The molecule has 1 amide bonds. The van der Waals surface area contributed by atoms with Crippen molar-refractivity contribution in [1.82, 2.24) is 5.32 Å². The zero-order chi connectivity index (χ0) is 9.40. The maximum atomic E-state index is 10.9. The van der Waals surface area contributed by atoms with Gasteiger partial charge in [0.2, 0.25) is 0 Å². The average molecular weight is 174 g/mol. The Morgan fingerprint density at radius 2 is 2.33 bits per heavy atom. The molecular formula is C8H18N2O2. The summed E-state index contributed by atoms with van der Waals surface area (Å²) in [6.07, 6.45) is 1.56. The Morgan fingerprint density at radius 1 is 1.67 bits per heavy atom. The van der Waals surface area contributed by atoms with Crippen molar-refractivity contribution in [2.45, 2.75) is 32.7 Å². The van der Waals surface area contributed by atoms with Crippen LogP contribution in [0.1, 0.15) is 26.7 Å². The van der Waals surface area contributed by atoms with Crippen LogP contribution in [0.5, 0.6) is 0 Å². The summed E-state index contributed by atoms with van der Waals surface area (Å²) in [5.41, 5.74) is 5.30. The minimum atomic E-state index is -0.374. The van der Waals surface area contributed by atoms with Gasteiger partial charge in [0.25, 0.3) is 0 Å². The molecule has 4 heteroatoms. The van der Waals surface area contributed by atoms with E-state index in [1.165, 1.54) is 0 Å². The Kier molecular flexibility index (Phi) is 6.47. The molecule has 0 radical (unpaired) electrons. The predicted octanol–water partition coefficient (Wildman–Crippen LogP) is 0.860. The SMILES string of the molecule is CCCCOC(=O)NC(C)CN. The van der Waals surface area contributed by atoms with Crippen molar-refractivity contribution in [3.05, 3.63) is 0 Å². The molecule has 0 heterocycles. The van der Waals surface area contributed by atoms with Gasteiger partial charge in [0.15, 0.2) is 0 Å². The summed E-state index contributed by atoms with van der Waals surface area (Å²) >= 11 is 0. The van der Waals surface area contributed by atoms with Gasteiger partial charge in [-0.1, -0.05) is 13.3 Å². The summed E-state index contributed by atoms with van der Waals surface area (Å²) in [6.45, 7) is 4.80. The van der Waals surface area contributed by atoms with Crippen molar-refractivity contribution in [2.24, 2.45) is 5.73 Å². The van der Waals surface area contributed by atoms with Gasteiger partial charge in [-0.2, -0.15) is 0 Å². The first-order valence-corrected chi connectivity index (χ1v) is 4.34. The number of carbonyl (C=O) groups is 1. The molecule has 0 aromatic rings. The lowest BCUT2D eigenvalue weighted by atomic mass is 10.3. The lowest BCUT2D eigenvalue weighted by Crippen LogP contribution is -2.38. The van der Waals surface area contributed by atoms with E-state index < -0.39 is 0 Å². The summed E-state index contributed by atoms with van der Waals surface area (Å²) in [4.78, 5) is 10.9. The smallest absolute Gasteiger partial charge is 0.407 e. The number of hydrogen-bond acceptors (Lipinski definition) is 3. The Morgan fingerprint density at radius 3 is 2.83 bits per heavy atom. The van der Waals surface area contributed by atoms with Crippen LogP contribution in [0.4, 0.5) is 4.79 Å². The Bertz CT molecular complexity index is 128. The number of nitrogens with two attached hydrogens (primary N) is 1. The minimum absolute atomic E-state index is 0.0147. The molecular weight excluding hydrogens is 156 g/mol. The summed E-state index contributed by atoms with van der Waals surface area (Å²) in [7, 11) is 0. The van der Waals surface area contributed by atoms with Crippen LogP contribution in [0.2, 0.25) is 0 Å². The molecule has 0 rings (SSSR count). The highest BCUT2D eigenvalue weighted by atomic mass is 16.5. The maximum Gasteiger partial charge on any atom is 0.407 e. The second-order valence-electron chi connectivity index (χ2n) is 2.77. The van der Waals surface area contributed by atoms with E-state index in [4.69, 9.17) is 10.5 Å². The van der Waals surface area contributed by atoms with Crippen LogP contribution in [0.15, 0.2) is 0 Å². The second kappa shape index (κ2) is 6.91. The number of hydrogen-bond donors (Lipinski definition) is 2. The van der Waals surface area contributed by atoms with Gasteiger partial charge in [0.05, 0.1) is 6.61 Å². The van der Waals surface area contributed by atoms with E-state index in [0.29, 0.717) is 13.2 Å². The summed E-state index contributed by atoms with van der Waals surface area (Å²) in [5, 5.41) is 2.60. The normalized spacial score (nSPS) is 12.2. The highest BCUT2D eigenvalue weighted by Crippen LogP contribution is 1.89. The number of rotatable bonds is 5. The number of ether oxygens (including phenoxy) is 1. The first-order valence-electron chi connectivity index (χ1n) is 4.34. The number of amides is 1. The molecule has 0 saturated carbocycles. The number of carbonyl (C=O) groups excluding carboxylic acids is 1. The molecule has 0 aliphatic rings. The van der Waals surface area contributed by atoms with Gasteiger partial charge in [0.1, 0.15) is 0 Å². The van der Waals surface area contributed by atoms with Crippen molar-refractivity contribution in [2.75, 3.05) is 13.2 Å². The van der Waals surface area contributed by atoms with Crippen LogP contribution in [0, 0.1) is 0 Å². The molecule has 1 unspecified atom stereocenters. The fourth-order valence-electron chi connectivity index (χ4n) is 0.611. The molecule has 0 bridgehead atoms. The molecule has 0 aromatic carbocycles. The Labute approximate surface area is 73.5 Å². The maximum absolute atomic E-state index is 10.9. The van der Waals surface area contributed by atoms with Crippen LogP contribution in [-0.2, 0) is 4.74 Å². The quantitative estimate of drug-likeness (QED) is 0.607. The fourth-order valence-corrected chi connectivity index (χ4v) is 0.611. The zero-order valence-corrected chi connectivity index (χ0v) is 7.80. The zero-order valence-electron chi connectivity index (χ0n) is 7.80. The lowest BCUT2D eigenvalue weighted by Gasteiger charge is -2.10. The van der Waals surface area contributed by atoms with Crippen molar-refractivity contribution in [1.29, 1.82) is 0 Å². The Balaban J connectivity index is 3.33. The predicted molar refractivity (Wildman–Crippen MR) is 47.9 cm³/mol. The standard InChI is InChI=1S/C8H18N2O2/c1-3-4-5-12-8(11)10-7(2)6-9/h7H,3-6,9H2,1-2H3,(H,10,11). The molecule has 0 saturated heterocycles. The topological polar surface area (TPSA) is 64.3 Å². The van der Waals surface area contributed by atoms with Crippen LogP contribution in [-0.4, -0.2) is 25.3 Å². The average Bonchev–Trinajstić information content (AvgIpc) is 2.05. The van der Waals surface area contributed by atoms with Crippen LogP contribution in [0.25, 0.3) is 0 Å². The number of unbranched alkanes of at least 4 members (excludes halogenated alkanes) is 1. The van der Waals surface area contributed by atoms with E-state index >= 15 is 0 Å². The molecule has 12 heavy (non-hydrogen) atoms. The van der Waals surface area contributed by atoms with Gasteiger partial charge in [-0.15, -0.1) is 0 Å². The van der Waals surface area contributed by atoms with Gasteiger partial charge in [-0.25, -0.2) is 4.79 Å². The van der Waals surface area contributed by atoms with Crippen LogP contribution < -0.4 is 11.1 Å². The molecule has 72 valence electrons. The first-order chi connectivity index (χ1) is 5.70. The summed E-state index contributed by atoms with van der Waals surface area (Å²) < 4.78 is 4.85. The Hall–Kier alpha value is -0.770. The van der Waals surface area contributed by atoms with E-state index in [9.17, 15) is 4.79 Å². The van der Waals surface area contributed by atoms with Gasteiger partial charge >= 0.3 is 6.09 Å². The van der Waals surface area contributed by atoms with E-state index in [2.05, 4.69) is 5.32 Å². The summed E-state index contributed by atoms with van der Waals surface area (Å²) in [6, 6.07) is -0.0147. The molecule has 3 N–H and O–H groups in total. The second-order valence-corrected chi connectivity index (χ2v) is 2.77. The molecule has 4 nitrogen and oxygen atoms in total. The molecule has 0 aliphatic heterocycles. The van der Waals surface area contributed by atoms with Gasteiger partial charge < -0.3 is 15.8 Å². The highest BCUT2D eigenvalue weighted by Gasteiger charge is 2.04. The molecule has 0 aromatic heterocycles. The number of alkyl carbamates (subject to hydrolysis) is 1. The lowest BCUT2D eigenvalue weighted by molar-refractivity contribution is 0.141. The van der Waals surface area contributed by atoms with Crippen molar-refractivity contribution >= 4 is 6.09 Å². The largest absolute Gasteiger partial charge is 0.450 e. The van der Waals surface area contributed by atoms with E-state index in [0.717, 1.165) is 12.8 Å². The molecule has 0 fully saturated rings. The fraction of sp³-hybridized carbons (Fsp3) is 0.875. The van der Waals surface area contributed by atoms with Crippen molar-refractivity contribution < 1.29 is 9.53 Å².